The van der Waals surface area contributed by atoms with Gasteiger partial charge in [-0.3, -0.25) is 4.79 Å². The van der Waals surface area contributed by atoms with Gasteiger partial charge in [0.2, 0.25) is 0 Å². The van der Waals surface area contributed by atoms with Crippen LogP contribution in [0.1, 0.15) is 24.5 Å². The normalized spacial score (nSPS) is 13.3. The van der Waals surface area contributed by atoms with Crippen LogP contribution in [0.3, 0.4) is 0 Å². The van der Waals surface area contributed by atoms with Gasteiger partial charge in [0.1, 0.15) is 12.2 Å². The van der Waals surface area contributed by atoms with Gasteiger partial charge in [0.25, 0.3) is 5.91 Å². The molecule has 0 amide bonds. The second-order valence-electron chi connectivity index (χ2n) is 2.03. The van der Waals surface area contributed by atoms with Crippen molar-refractivity contribution in [2.45, 2.75) is 20.3 Å². The van der Waals surface area contributed by atoms with E-state index in [-0.39, 0.29) is 5.91 Å². The van der Waals surface area contributed by atoms with Gasteiger partial charge in [-0.15, -0.1) is 0 Å². The Morgan fingerprint density at radius 2 is 2.25 bits per heavy atom. The third kappa shape index (κ3) is 1.42. The number of carbonyl (C=O) groups excluding carboxylic acids is 1. The number of fused-ring (bicyclic) bond motifs is 1. The summed E-state index contributed by atoms with van der Waals surface area (Å²) in [7, 11) is 0. The Morgan fingerprint density at radius 3 is 2.92 bits per heavy atom. The average Bonchev–Trinajstić information content (AvgIpc) is 2.57. The van der Waals surface area contributed by atoms with Crippen LogP contribution in [0.15, 0.2) is 18.5 Å². The molecule has 0 saturated carbocycles. The summed E-state index contributed by atoms with van der Waals surface area (Å²) in [6, 6.07) is 0. The Bertz CT molecular complexity index is 301. The third-order valence-corrected chi connectivity index (χ3v) is 1.39. The Hall–Kier alpha value is -1.45. The lowest BCUT2D eigenvalue weighted by Gasteiger charge is -2.02. The highest BCUT2D eigenvalue weighted by Gasteiger charge is 2.11. The van der Waals surface area contributed by atoms with Gasteiger partial charge in [-0.1, -0.05) is 19.9 Å². The van der Waals surface area contributed by atoms with Gasteiger partial charge in [0, 0.05) is 12.5 Å². The van der Waals surface area contributed by atoms with Crippen molar-refractivity contribution < 1.29 is 4.79 Å². The summed E-state index contributed by atoms with van der Waals surface area (Å²) in [5.41, 5.74) is 0. The van der Waals surface area contributed by atoms with Crippen molar-refractivity contribution in [2.24, 2.45) is 0 Å². The molecule has 0 saturated heterocycles. The molecule has 0 spiro atoms. The molecular weight excluding hydrogens is 154 g/mol. The van der Waals surface area contributed by atoms with Crippen LogP contribution in [-0.4, -0.2) is 20.7 Å². The molecule has 1 aliphatic heterocycles. The molecule has 0 radical (unpaired) electrons. The number of carbonyl (C=O) groups is 1. The molecule has 2 rings (SSSR count). The van der Waals surface area contributed by atoms with Crippen molar-refractivity contribution in [3.05, 3.63) is 24.3 Å². The van der Waals surface area contributed by atoms with Crippen LogP contribution in [0.2, 0.25) is 0 Å². The van der Waals surface area contributed by atoms with E-state index in [9.17, 15) is 4.79 Å². The zero-order valence-electron chi connectivity index (χ0n) is 7.19. The monoisotopic (exact) mass is 165 g/mol. The van der Waals surface area contributed by atoms with Crippen molar-refractivity contribution in [3.63, 3.8) is 0 Å². The minimum atomic E-state index is -0.112. The molecule has 2 heterocycles. The molecule has 0 unspecified atom stereocenters. The summed E-state index contributed by atoms with van der Waals surface area (Å²) >= 11 is 0. The zero-order chi connectivity index (χ0) is 8.97. The summed E-state index contributed by atoms with van der Waals surface area (Å²) in [6.45, 7) is 4.00. The van der Waals surface area contributed by atoms with Gasteiger partial charge >= 0.3 is 0 Å². The molecule has 0 aromatic carbocycles. The van der Waals surface area contributed by atoms with E-state index in [0.29, 0.717) is 12.2 Å². The lowest BCUT2D eigenvalue weighted by molar-refractivity contribution is 0.0947. The second kappa shape index (κ2) is 3.80. The Labute approximate surface area is 70.9 Å². The topological polar surface area (TPSA) is 47.8 Å². The van der Waals surface area contributed by atoms with E-state index in [2.05, 4.69) is 10.1 Å². The van der Waals surface area contributed by atoms with E-state index < -0.39 is 0 Å². The number of aromatic nitrogens is 3. The highest BCUT2D eigenvalue weighted by Crippen LogP contribution is 2.02. The number of rotatable bonds is 0. The number of nitrogens with zero attached hydrogens (tertiary/aromatic N) is 3. The lowest BCUT2D eigenvalue weighted by Crippen LogP contribution is -2.16. The maximum atomic E-state index is 10.9. The van der Waals surface area contributed by atoms with Gasteiger partial charge in [-0.25, -0.2) is 4.98 Å². The van der Waals surface area contributed by atoms with Gasteiger partial charge < -0.3 is 0 Å². The van der Waals surface area contributed by atoms with E-state index in [1.807, 2.05) is 13.8 Å². The molecule has 1 aromatic heterocycles. The van der Waals surface area contributed by atoms with Crippen LogP contribution in [0.5, 0.6) is 0 Å². The maximum Gasteiger partial charge on any atom is 0.272 e. The Balaban J connectivity index is 0.000000336. The fraction of sp³-hybridized carbons (Fsp3) is 0.375. The van der Waals surface area contributed by atoms with Crippen molar-refractivity contribution in [1.29, 1.82) is 0 Å². The van der Waals surface area contributed by atoms with Gasteiger partial charge in [-0.2, -0.15) is 9.78 Å². The van der Waals surface area contributed by atoms with Crippen molar-refractivity contribution in [1.82, 2.24) is 14.8 Å². The maximum absolute atomic E-state index is 10.9. The van der Waals surface area contributed by atoms with Crippen molar-refractivity contribution >= 4 is 5.91 Å². The Kier molecular flexibility index (Phi) is 2.74. The summed E-state index contributed by atoms with van der Waals surface area (Å²) < 4.78 is 1.31. The fourth-order valence-electron chi connectivity index (χ4n) is 0.924. The molecule has 0 N–H and O–H groups in total. The predicted molar refractivity (Wildman–Crippen MR) is 44.8 cm³/mol. The first-order chi connectivity index (χ1) is 5.88. The quantitative estimate of drug-likeness (QED) is 0.577. The minimum Gasteiger partial charge on any atom is -0.267 e. The fourth-order valence-corrected chi connectivity index (χ4v) is 0.924. The Morgan fingerprint density at radius 1 is 1.50 bits per heavy atom. The highest BCUT2D eigenvalue weighted by atomic mass is 16.2. The van der Waals surface area contributed by atoms with Crippen LogP contribution >= 0.6 is 0 Å². The number of allylic oxidation sites excluding steroid dienone is 2. The average molecular weight is 165 g/mol. The van der Waals surface area contributed by atoms with E-state index in [1.54, 1.807) is 6.08 Å². The van der Waals surface area contributed by atoms with Crippen LogP contribution in [0.25, 0.3) is 0 Å². The molecule has 0 aliphatic carbocycles. The summed E-state index contributed by atoms with van der Waals surface area (Å²) in [5, 5.41) is 3.74. The van der Waals surface area contributed by atoms with E-state index in [4.69, 9.17) is 0 Å². The highest BCUT2D eigenvalue weighted by molar-refractivity contribution is 5.90. The molecule has 0 fully saturated rings. The number of hydrogen-bond donors (Lipinski definition) is 0. The van der Waals surface area contributed by atoms with Crippen LogP contribution < -0.4 is 0 Å². The lowest BCUT2D eigenvalue weighted by atomic mass is 10.3. The molecule has 64 valence electrons. The minimum absolute atomic E-state index is 0.112. The van der Waals surface area contributed by atoms with Crippen LogP contribution in [0.4, 0.5) is 0 Å². The first-order valence-corrected chi connectivity index (χ1v) is 3.98. The third-order valence-electron chi connectivity index (χ3n) is 1.39. The van der Waals surface area contributed by atoms with Crippen LogP contribution in [-0.2, 0) is 6.42 Å². The van der Waals surface area contributed by atoms with E-state index in [1.165, 1.54) is 17.1 Å². The number of hydrogen-bond acceptors (Lipinski definition) is 3. The molecule has 4 heteroatoms. The molecule has 1 aliphatic rings. The standard InChI is InChI=1S/C6H5N3O.C2H6/c10-6-3-1-2-5-7-4-8-9(5)6;1-2/h1,3-4H,2H2;1-2H3. The summed E-state index contributed by atoms with van der Waals surface area (Å²) in [5.74, 6) is 0.603. The molecule has 1 aromatic rings. The smallest absolute Gasteiger partial charge is 0.267 e. The molecule has 0 atom stereocenters. The molecule has 12 heavy (non-hydrogen) atoms. The first-order valence-electron chi connectivity index (χ1n) is 3.98. The SMILES string of the molecule is CC.O=C1C=CCc2ncnn21. The second-order valence-corrected chi connectivity index (χ2v) is 2.03. The summed E-state index contributed by atoms with van der Waals surface area (Å²) in [6.07, 6.45) is 5.37. The van der Waals surface area contributed by atoms with E-state index >= 15 is 0 Å². The molecular formula is C8H11N3O. The summed E-state index contributed by atoms with van der Waals surface area (Å²) in [4.78, 5) is 14.8. The van der Waals surface area contributed by atoms with E-state index in [0.717, 1.165) is 0 Å². The van der Waals surface area contributed by atoms with Gasteiger partial charge in [0.15, 0.2) is 0 Å². The van der Waals surface area contributed by atoms with Gasteiger partial charge in [-0.05, 0) is 0 Å². The van der Waals surface area contributed by atoms with Crippen molar-refractivity contribution in [2.75, 3.05) is 0 Å². The predicted octanol–water partition coefficient (Wildman–Crippen LogP) is 1.06. The van der Waals surface area contributed by atoms with Gasteiger partial charge in [0.05, 0.1) is 0 Å². The van der Waals surface area contributed by atoms with Crippen LogP contribution in [0, 0.1) is 0 Å². The largest absolute Gasteiger partial charge is 0.272 e. The molecule has 4 nitrogen and oxygen atoms in total. The zero-order valence-corrected chi connectivity index (χ0v) is 7.19. The first kappa shape index (κ1) is 8.64. The van der Waals surface area contributed by atoms with Crippen molar-refractivity contribution in [3.8, 4) is 0 Å². The molecule has 0 bridgehead atoms.